The zero-order valence-corrected chi connectivity index (χ0v) is 11.1. The Morgan fingerprint density at radius 3 is 2.50 bits per heavy atom. The van der Waals surface area contributed by atoms with E-state index < -0.39 is 0 Å². The molecule has 1 unspecified atom stereocenters. The molecule has 0 saturated carbocycles. The number of nitrogens with zero attached hydrogens (tertiary/aromatic N) is 2. The van der Waals surface area contributed by atoms with Crippen molar-refractivity contribution in [2.24, 2.45) is 12.8 Å². The lowest BCUT2D eigenvalue weighted by molar-refractivity contribution is 0.340. The highest BCUT2D eigenvalue weighted by molar-refractivity contribution is 5.57. The maximum atomic E-state index is 5.89. The number of hydrogen-bond acceptors (Lipinski definition) is 3. The molecule has 2 rings (SSSR count). The Morgan fingerprint density at radius 2 is 2.00 bits per heavy atom. The molecule has 0 aliphatic heterocycles. The highest BCUT2D eigenvalue weighted by Crippen LogP contribution is 2.23. The molecule has 1 atom stereocenters. The molecule has 0 spiro atoms. The fourth-order valence-electron chi connectivity index (χ4n) is 1.98. The van der Waals surface area contributed by atoms with Gasteiger partial charge in [-0.3, -0.25) is 0 Å². The minimum absolute atomic E-state index is 0.0149. The van der Waals surface area contributed by atoms with Gasteiger partial charge in [0.25, 0.3) is 0 Å². The van der Waals surface area contributed by atoms with Crippen molar-refractivity contribution in [3.05, 3.63) is 36.2 Å². The molecular weight excluding hydrogens is 226 g/mol. The van der Waals surface area contributed by atoms with Gasteiger partial charge in [0, 0.05) is 18.7 Å². The molecule has 1 heterocycles. The maximum Gasteiger partial charge on any atom is 0.139 e. The van der Waals surface area contributed by atoms with Crippen LogP contribution >= 0.6 is 0 Å². The zero-order chi connectivity index (χ0) is 13.1. The first-order chi connectivity index (χ1) is 8.63. The van der Waals surface area contributed by atoms with Gasteiger partial charge in [0.05, 0.1) is 18.5 Å². The summed E-state index contributed by atoms with van der Waals surface area (Å²) in [5, 5.41) is 0. The van der Waals surface area contributed by atoms with E-state index in [0.717, 1.165) is 22.8 Å². The van der Waals surface area contributed by atoms with Gasteiger partial charge < -0.3 is 15.0 Å². The third kappa shape index (κ3) is 2.38. The number of rotatable bonds is 4. The van der Waals surface area contributed by atoms with Gasteiger partial charge >= 0.3 is 0 Å². The monoisotopic (exact) mass is 245 g/mol. The maximum absolute atomic E-state index is 5.89. The topological polar surface area (TPSA) is 53.1 Å². The van der Waals surface area contributed by atoms with Gasteiger partial charge in [0.1, 0.15) is 11.6 Å². The van der Waals surface area contributed by atoms with Crippen molar-refractivity contribution >= 4 is 0 Å². The summed E-state index contributed by atoms with van der Waals surface area (Å²) in [4.78, 5) is 4.43. The summed E-state index contributed by atoms with van der Waals surface area (Å²) >= 11 is 0. The Balaban J connectivity index is 2.31. The number of ether oxygens (including phenoxy) is 1. The van der Waals surface area contributed by atoms with Gasteiger partial charge in [0.15, 0.2) is 0 Å². The van der Waals surface area contributed by atoms with Gasteiger partial charge in [-0.15, -0.1) is 0 Å². The number of hydrogen-bond donors (Lipinski definition) is 1. The van der Waals surface area contributed by atoms with Crippen LogP contribution in [0.2, 0.25) is 0 Å². The third-order valence-electron chi connectivity index (χ3n) is 2.91. The van der Waals surface area contributed by atoms with Gasteiger partial charge in [-0.1, -0.05) is 0 Å². The molecule has 1 aromatic carbocycles. The molecule has 0 radical (unpaired) electrons. The summed E-state index contributed by atoms with van der Waals surface area (Å²) in [6.07, 6.45) is 1.83. The lowest BCUT2D eigenvalue weighted by atomic mass is 10.2. The minimum atomic E-state index is -0.0149. The highest BCUT2D eigenvalue weighted by atomic mass is 16.5. The van der Waals surface area contributed by atoms with Crippen molar-refractivity contribution < 1.29 is 4.74 Å². The Labute approximate surface area is 107 Å². The summed E-state index contributed by atoms with van der Waals surface area (Å²) in [6.45, 7) is 4.61. The van der Waals surface area contributed by atoms with Gasteiger partial charge in [-0.05, 0) is 38.1 Å². The molecule has 4 heteroatoms. The van der Waals surface area contributed by atoms with Crippen LogP contribution in [0, 0.1) is 0 Å². The Morgan fingerprint density at radius 1 is 1.33 bits per heavy atom. The van der Waals surface area contributed by atoms with Crippen molar-refractivity contribution in [2.45, 2.75) is 19.9 Å². The standard InChI is InChI=1S/C14H19N3O/c1-4-18-12-7-5-11(6-8-12)14-16-9-13(10(2)15)17(14)3/h5-10H,4,15H2,1-3H3. The second kappa shape index (κ2) is 5.23. The van der Waals surface area contributed by atoms with Crippen LogP contribution in [0.1, 0.15) is 25.6 Å². The van der Waals surface area contributed by atoms with Crippen LogP contribution < -0.4 is 10.5 Å². The quantitative estimate of drug-likeness (QED) is 0.900. The molecule has 0 bridgehead atoms. The number of imidazole rings is 1. The number of aromatic nitrogens is 2. The molecule has 96 valence electrons. The van der Waals surface area contributed by atoms with Crippen LogP contribution in [-0.4, -0.2) is 16.2 Å². The first-order valence-corrected chi connectivity index (χ1v) is 6.14. The van der Waals surface area contributed by atoms with E-state index in [2.05, 4.69) is 4.98 Å². The van der Waals surface area contributed by atoms with Gasteiger partial charge in [0.2, 0.25) is 0 Å². The van der Waals surface area contributed by atoms with E-state index >= 15 is 0 Å². The van der Waals surface area contributed by atoms with Crippen molar-refractivity contribution in [1.29, 1.82) is 0 Å². The van der Waals surface area contributed by atoms with Crippen molar-refractivity contribution in [1.82, 2.24) is 9.55 Å². The predicted octanol–water partition coefficient (Wildman–Crippen LogP) is 2.51. The van der Waals surface area contributed by atoms with Crippen LogP contribution in [-0.2, 0) is 7.05 Å². The van der Waals surface area contributed by atoms with Crippen molar-refractivity contribution in [3.63, 3.8) is 0 Å². The predicted molar refractivity (Wildman–Crippen MR) is 72.4 cm³/mol. The molecule has 0 aliphatic carbocycles. The summed E-state index contributed by atoms with van der Waals surface area (Å²) in [5.74, 6) is 1.80. The van der Waals surface area contributed by atoms with Gasteiger partial charge in [-0.2, -0.15) is 0 Å². The van der Waals surface area contributed by atoms with E-state index in [1.165, 1.54) is 0 Å². The summed E-state index contributed by atoms with van der Waals surface area (Å²) in [7, 11) is 1.98. The molecule has 0 amide bonds. The molecule has 0 fully saturated rings. The molecule has 2 aromatic rings. The largest absolute Gasteiger partial charge is 0.494 e. The second-order valence-electron chi connectivity index (χ2n) is 4.31. The summed E-state index contributed by atoms with van der Waals surface area (Å²) < 4.78 is 7.45. The molecule has 0 saturated heterocycles. The SMILES string of the molecule is CCOc1ccc(-c2ncc(C(C)N)n2C)cc1. The molecular formula is C14H19N3O. The smallest absolute Gasteiger partial charge is 0.139 e. The first kappa shape index (κ1) is 12.6. The van der Waals surface area contributed by atoms with Gasteiger partial charge in [-0.25, -0.2) is 4.98 Å². The number of benzene rings is 1. The molecule has 4 nitrogen and oxygen atoms in total. The Hall–Kier alpha value is -1.81. The lowest BCUT2D eigenvalue weighted by Crippen LogP contribution is -2.10. The van der Waals surface area contributed by atoms with E-state index in [1.54, 1.807) is 0 Å². The Kier molecular flexibility index (Phi) is 3.67. The fourth-order valence-corrected chi connectivity index (χ4v) is 1.98. The van der Waals surface area contributed by atoms with Crippen molar-refractivity contribution in [2.75, 3.05) is 6.61 Å². The summed E-state index contributed by atoms with van der Waals surface area (Å²) in [5.41, 5.74) is 7.98. The van der Waals surface area contributed by atoms with E-state index in [0.29, 0.717) is 6.61 Å². The fraction of sp³-hybridized carbons (Fsp3) is 0.357. The lowest BCUT2D eigenvalue weighted by Gasteiger charge is -2.09. The van der Waals surface area contributed by atoms with E-state index in [4.69, 9.17) is 10.5 Å². The number of nitrogens with two attached hydrogens (primary N) is 1. The van der Waals surface area contributed by atoms with Crippen LogP contribution in [0.25, 0.3) is 11.4 Å². The van der Waals surface area contributed by atoms with E-state index in [1.807, 2.05) is 55.9 Å². The van der Waals surface area contributed by atoms with Crippen LogP contribution in [0.15, 0.2) is 30.5 Å². The van der Waals surface area contributed by atoms with Crippen LogP contribution in [0.5, 0.6) is 5.75 Å². The van der Waals surface area contributed by atoms with Crippen LogP contribution in [0.4, 0.5) is 0 Å². The average molecular weight is 245 g/mol. The van der Waals surface area contributed by atoms with Crippen LogP contribution in [0.3, 0.4) is 0 Å². The van der Waals surface area contributed by atoms with Crippen molar-refractivity contribution in [3.8, 4) is 17.1 Å². The molecule has 18 heavy (non-hydrogen) atoms. The zero-order valence-electron chi connectivity index (χ0n) is 11.1. The highest BCUT2D eigenvalue weighted by Gasteiger charge is 2.11. The molecule has 1 aromatic heterocycles. The van der Waals surface area contributed by atoms with E-state index in [9.17, 15) is 0 Å². The van der Waals surface area contributed by atoms with E-state index in [-0.39, 0.29) is 6.04 Å². The molecule has 2 N–H and O–H groups in total. The molecule has 0 aliphatic rings. The normalized spacial score (nSPS) is 12.4. The third-order valence-corrected chi connectivity index (χ3v) is 2.91. The second-order valence-corrected chi connectivity index (χ2v) is 4.31. The average Bonchev–Trinajstić information content (AvgIpc) is 2.73. The minimum Gasteiger partial charge on any atom is -0.494 e. The summed E-state index contributed by atoms with van der Waals surface area (Å²) in [6, 6.07) is 7.92. The Bertz CT molecular complexity index is 514. The first-order valence-electron chi connectivity index (χ1n) is 6.14.